The van der Waals surface area contributed by atoms with Gasteiger partial charge in [-0.3, -0.25) is 4.79 Å². The minimum atomic E-state index is -2.87. The molecule has 0 rings (SSSR count). The molecule has 5 N–H and O–H groups in total. The van der Waals surface area contributed by atoms with Crippen LogP contribution >= 0.6 is 16.5 Å². The molecular weight excluding hydrogens is 224 g/mol. The molecular formula is C3H11NO7P2+2. The fourth-order valence-electron chi connectivity index (χ4n) is 0. The van der Waals surface area contributed by atoms with Crippen molar-refractivity contribution in [3.8, 4) is 0 Å². The Labute approximate surface area is 76.1 Å². The van der Waals surface area contributed by atoms with E-state index in [4.69, 9.17) is 28.7 Å². The largest absolute Gasteiger partial charge is 0.692 e. The molecule has 78 valence electrons. The summed E-state index contributed by atoms with van der Waals surface area (Å²) < 4.78 is 17.4. The summed E-state index contributed by atoms with van der Waals surface area (Å²) in [6, 6.07) is 0. The van der Waals surface area contributed by atoms with Gasteiger partial charge in [0.05, 0.1) is 0 Å². The number of carbonyl (C=O) groups is 1. The van der Waals surface area contributed by atoms with Crippen LogP contribution in [0.5, 0.6) is 0 Å². The molecule has 0 spiro atoms. The highest BCUT2D eigenvalue weighted by Gasteiger charge is 1.93. The van der Waals surface area contributed by atoms with Crippen molar-refractivity contribution in [1.82, 2.24) is 5.32 Å². The maximum atomic E-state index is 9.70. The van der Waals surface area contributed by atoms with Gasteiger partial charge in [-0.25, -0.2) is 0 Å². The molecule has 0 aromatic rings. The topological polar surface area (TPSA) is 144 Å². The Morgan fingerprint density at radius 3 is 1.15 bits per heavy atom. The van der Waals surface area contributed by atoms with Crippen molar-refractivity contribution < 1.29 is 33.5 Å². The van der Waals surface area contributed by atoms with Crippen LogP contribution in [0.15, 0.2) is 0 Å². The van der Waals surface area contributed by atoms with Gasteiger partial charge in [0.15, 0.2) is 0 Å². The van der Waals surface area contributed by atoms with E-state index in [1.807, 2.05) is 0 Å². The Hall–Kier alpha value is -0.490. The van der Waals surface area contributed by atoms with E-state index in [-0.39, 0.29) is 5.91 Å². The number of hydrogen-bond donors (Lipinski definition) is 5. The molecule has 0 bridgehead atoms. The van der Waals surface area contributed by atoms with Crippen LogP contribution in [0.25, 0.3) is 0 Å². The molecule has 0 radical (unpaired) electrons. The summed E-state index contributed by atoms with van der Waals surface area (Å²) in [6.45, 7) is 1.47. The van der Waals surface area contributed by atoms with Crippen molar-refractivity contribution >= 4 is 22.4 Å². The van der Waals surface area contributed by atoms with Crippen LogP contribution in [0.3, 0.4) is 0 Å². The summed E-state index contributed by atoms with van der Waals surface area (Å²) in [5.74, 6) is 0.00463. The van der Waals surface area contributed by atoms with E-state index in [0.717, 1.165) is 0 Å². The molecule has 0 aromatic heterocycles. The highest BCUT2D eigenvalue weighted by Crippen LogP contribution is 1.98. The van der Waals surface area contributed by atoms with E-state index in [0.29, 0.717) is 0 Å². The average molecular weight is 235 g/mol. The zero-order chi connectivity index (χ0) is 11.4. The molecule has 8 nitrogen and oxygen atoms in total. The van der Waals surface area contributed by atoms with Crippen LogP contribution in [0.1, 0.15) is 6.92 Å². The second-order valence-corrected chi connectivity index (χ2v) is 2.32. The van der Waals surface area contributed by atoms with Gasteiger partial charge in [0, 0.05) is 23.1 Å². The SMILES string of the molecule is CNC(C)=O.O=[P+](O)O.O=[P+](O)O. The predicted octanol–water partition coefficient (Wildman–Crippen LogP) is -0.991. The summed E-state index contributed by atoms with van der Waals surface area (Å²) >= 11 is 0. The van der Waals surface area contributed by atoms with Gasteiger partial charge in [-0.1, -0.05) is 0 Å². The zero-order valence-corrected chi connectivity index (χ0v) is 8.70. The van der Waals surface area contributed by atoms with Crippen LogP contribution in [0, 0.1) is 0 Å². The number of nitrogens with one attached hydrogen (secondary N) is 1. The maximum Gasteiger partial charge on any atom is 0.692 e. The van der Waals surface area contributed by atoms with E-state index in [2.05, 4.69) is 5.32 Å². The summed E-state index contributed by atoms with van der Waals surface area (Å²) in [5.41, 5.74) is 0. The van der Waals surface area contributed by atoms with Gasteiger partial charge in [-0.15, -0.1) is 19.6 Å². The Kier molecular flexibility index (Phi) is 19.8. The van der Waals surface area contributed by atoms with Gasteiger partial charge in [0.2, 0.25) is 5.91 Å². The molecule has 0 saturated heterocycles. The molecule has 1 amide bonds. The molecule has 0 aliphatic heterocycles. The fourth-order valence-corrected chi connectivity index (χ4v) is 0. The first kappa shape index (κ1) is 18.3. The van der Waals surface area contributed by atoms with Gasteiger partial charge in [0.25, 0.3) is 0 Å². The third kappa shape index (κ3) is 457. The molecule has 0 atom stereocenters. The average Bonchev–Trinajstić information content (AvgIpc) is 1.84. The molecule has 0 unspecified atom stereocenters. The van der Waals surface area contributed by atoms with Gasteiger partial charge < -0.3 is 5.32 Å². The zero-order valence-electron chi connectivity index (χ0n) is 6.91. The van der Waals surface area contributed by atoms with Crippen LogP contribution < -0.4 is 5.32 Å². The van der Waals surface area contributed by atoms with Crippen molar-refractivity contribution in [3.05, 3.63) is 0 Å². The Morgan fingerprint density at radius 1 is 1.08 bits per heavy atom. The second-order valence-electron chi connectivity index (χ2n) is 1.31. The van der Waals surface area contributed by atoms with Gasteiger partial charge >= 0.3 is 16.5 Å². The van der Waals surface area contributed by atoms with E-state index in [1.165, 1.54) is 6.92 Å². The van der Waals surface area contributed by atoms with Crippen molar-refractivity contribution in [2.75, 3.05) is 7.05 Å². The summed E-state index contributed by atoms with van der Waals surface area (Å²) in [6.07, 6.45) is 0. The number of hydrogen-bond acceptors (Lipinski definition) is 3. The van der Waals surface area contributed by atoms with Crippen molar-refractivity contribution in [3.63, 3.8) is 0 Å². The van der Waals surface area contributed by atoms with Crippen molar-refractivity contribution in [2.24, 2.45) is 0 Å². The molecule has 0 aromatic carbocycles. The minimum absolute atomic E-state index is 0.00463. The first-order valence-electron chi connectivity index (χ1n) is 2.62. The molecule has 0 saturated carbocycles. The predicted molar refractivity (Wildman–Crippen MR) is 43.8 cm³/mol. The summed E-state index contributed by atoms with van der Waals surface area (Å²) in [4.78, 5) is 38.2. The number of amides is 1. The first-order valence-corrected chi connectivity index (χ1v) is 4.95. The minimum Gasteiger partial charge on any atom is -0.359 e. The lowest BCUT2D eigenvalue weighted by atomic mass is 10.7. The quantitative estimate of drug-likeness (QED) is 0.339. The molecule has 0 fully saturated rings. The fraction of sp³-hybridized carbons (Fsp3) is 0.667. The third-order valence-corrected chi connectivity index (χ3v) is 0.352. The van der Waals surface area contributed by atoms with E-state index >= 15 is 0 Å². The number of carbonyl (C=O) groups excluding carboxylic acids is 1. The summed E-state index contributed by atoms with van der Waals surface area (Å²) in [5, 5.41) is 2.39. The normalized spacial score (nSPS) is 6.62. The Bertz CT molecular complexity index is 151. The number of rotatable bonds is 0. The van der Waals surface area contributed by atoms with E-state index in [9.17, 15) is 4.79 Å². The Balaban J connectivity index is -0.000000117. The van der Waals surface area contributed by atoms with Crippen LogP contribution in [0.2, 0.25) is 0 Å². The smallest absolute Gasteiger partial charge is 0.359 e. The van der Waals surface area contributed by atoms with E-state index < -0.39 is 16.5 Å². The lowest BCUT2D eigenvalue weighted by Gasteiger charge is -1.80. The van der Waals surface area contributed by atoms with Gasteiger partial charge in [-0.2, -0.15) is 0 Å². The van der Waals surface area contributed by atoms with Gasteiger partial charge in [-0.05, 0) is 0 Å². The van der Waals surface area contributed by atoms with Gasteiger partial charge in [0.1, 0.15) is 0 Å². The standard InChI is InChI=1S/C3H7NO.2HO3P/c1-3(5)4-2;2*1-4(2)3/h1-2H3,(H,4,5);2*(H-,1,2,3)/p+2. The lowest BCUT2D eigenvalue weighted by molar-refractivity contribution is -0.118. The van der Waals surface area contributed by atoms with Crippen LogP contribution in [-0.4, -0.2) is 32.5 Å². The van der Waals surface area contributed by atoms with Crippen LogP contribution in [-0.2, 0) is 13.9 Å². The van der Waals surface area contributed by atoms with E-state index in [1.54, 1.807) is 7.05 Å². The summed E-state index contributed by atoms with van der Waals surface area (Å²) in [7, 11) is -4.14. The first-order chi connectivity index (χ1) is 5.73. The second kappa shape index (κ2) is 14.1. The lowest BCUT2D eigenvalue weighted by Crippen LogP contribution is -2.11. The molecule has 13 heavy (non-hydrogen) atoms. The van der Waals surface area contributed by atoms with Crippen LogP contribution in [0.4, 0.5) is 0 Å². The molecule has 10 heteroatoms. The monoisotopic (exact) mass is 235 g/mol. The molecule has 0 aliphatic rings. The third-order valence-electron chi connectivity index (χ3n) is 0.352. The highest BCUT2D eigenvalue weighted by molar-refractivity contribution is 7.31. The molecule has 0 aliphatic carbocycles. The Morgan fingerprint density at radius 2 is 1.15 bits per heavy atom. The van der Waals surface area contributed by atoms with Crippen molar-refractivity contribution in [2.45, 2.75) is 6.92 Å². The maximum absolute atomic E-state index is 9.70. The highest BCUT2D eigenvalue weighted by atomic mass is 31.1. The molecule has 0 heterocycles. The van der Waals surface area contributed by atoms with Crippen molar-refractivity contribution in [1.29, 1.82) is 0 Å².